The van der Waals surface area contributed by atoms with Gasteiger partial charge in [0.25, 0.3) is 5.91 Å². The van der Waals surface area contributed by atoms with Gasteiger partial charge in [-0.3, -0.25) is 14.8 Å². The summed E-state index contributed by atoms with van der Waals surface area (Å²) in [4.78, 5) is 24.4. The summed E-state index contributed by atoms with van der Waals surface area (Å²) in [5.41, 5.74) is 3.06. The highest BCUT2D eigenvalue weighted by molar-refractivity contribution is 8.13. The number of para-hydroxylation sites is 2. The molecule has 1 aromatic heterocycles. The maximum absolute atomic E-state index is 12.6. The van der Waals surface area contributed by atoms with Gasteiger partial charge in [-0.2, -0.15) is 0 Å². The molecule has 0 saturated heterocycles. The SMILES string of the molecule is O=C(NO)Sc1ccc(OCCCNC(=O)c2cc3cccc(COc4ccccc4)c3o2)cc1. The molecule has 0 aliphatic carbocycles. The van der Waals surface area contributed by atoms with Gasteiger partial charge in [-0.1, -0.05) is 36.4 Å². The molecule has 0 fully saturated rings. The summed E-state index contributed by atoms with van der Waals surface area (Å²) in [5.74, 6) is 1.36. The number of furan rings is 1. The molecule has 0 atom stereocenters. The second-order valence-electron chi connectivity index (χ2n) is 7.48. The number of hydrogen-bond donors (Lipinski definition) is 3. The zero-order valence-electron chi connectivity index (χ0n) is 18.7. The van der Waals surface area contributed by atoms with Crippen LogP contribution in [0.5, 0.6) is 11.5 Å². The Balaban J connectivity index is 1.24. The van der Waals surface area contributed by atoms with Gasteiger partial charge in [-0.25, -0.2) is 5.48 Å². The van der Waals surface area contributed by atoms with Gasteiger partial charge in [-0.15, -0.1) is 0 Å². The van der Waals surface area contributed by atoms with Gasteiger partial charge in [-0.05, 0) is 60.6 Å². The van der Waals surface area contributed by atoms with Gasteiger partial charge < -0.3 is 19.2 Å². The first kappa shape index (κ1) is 24.2. The van der Waals surface area contributed by atoms with Crippen molar-refractivity contribution in [2.75, 3.05) is 13.2 Å². The van der Waals surface area contributed by atoms with Crippen LogP contribution in [0.25, 0.3) is 11.0 Å². The first-order chi connectivity index (χ1) is 17.1. The number of hydrogen-bond acceptors (Lipinski definition) is 7. The molecule has 0 spiro atoms. The standard InChI is InChI=1S/C26H24N2O6S/c29-25(27-14-5-15-32-21-10-12-22(13-11-21)35-26(30)28-31)23-16-18-6-4-7-19(24(18)34-23)17-33-20-8-2-1-3-9-20/h1-4,6-13,16,31H,5,14-15,17H2,(H,27,29)(H,28,30). The van der Waals surface area contributed by atoms with E-state index in [0.717, 1.165) is 28.5 Å². The van der Waals surface area contributed by atoms with Crippen molar-refractivity contribution < 1.29 is 28.7 Å². The van der Waals surface area contributed by atoms with Crippen molar-refractivity contribution in [3.63, 3.8) is 0 Å². The highest BCUT2D eigenvalue weighted by atomic mass is 32.2. The van der Waals surface area contributed by atoms with E-state index in [2.05, 4.69) is 5.32 Å². The highest BCUT2D eigenvalue weighted by Crippen LogP contribution is 2.25. The number of rotatable bonds is 10. The fraction of sp³-hybridized carbons (Fsp3) is 0.154. The Morgan fingerprint density at radius 2 is 1.69 bits per heavy atom. The van der Waals surface area contributed by atoms with Crippen LogP contribution in [0.2, 0.25) is 0 Å². The van der Waals surface area contributed by atoms with Crippen molar-refractivity contribution in [3.8, 4) is 11.5 Å². The number of ether oxygens (including phenoxy) is 2. The van der Waals surface area contributed by atoms with Crippen LogP contribution in [-0.4, -0.2) is 29.5 Å². The van der Waals surface area contributed by atoms with Crippen molar-refractivity contribution in [1.82, 2.24) is 10.8 Å². The zero-order valence-corrected chi connectivity index (χ0v) is 19.5. The molecule has 0 radical (unpaired) electrons. The van der Waals surface area contributed by atoms with Crippen LogP contribution in [0.4, 0.5) is 4.79 Å². The Bertz CT molecular complexity index is 1270. The maximum atomic E-state index is 12.6. The minimum atomic E-state index is -0.560. The molecule has 9 heteroatoms. The number of thioether (sulfide) groups is 1. The minimum Gasteiger partial charge on any atom is -0.494 e. The summed E-state index contributed by atoms with van der Waals surface area (Å²) in [6, 6.07) is 23.9. The average molecular weight is 493 g/mol. The number of fused-ring (bicyclic) bond motifs is 1. The van der Waals surface area contributed by atoms with Gasteiger partial charge in [0.2, 0.25) is 0 Å². The largest absolute Gasteiger partial charge is 0.494 e. The Morgan fingerprint density at radius 3 is 2.46 bits per heavy atom. The number of benzene rings is 3. The van der Waals surface area contributed by atoms with Gasteiger partial charge in [0, 0.05) is 22.4 Å². The van der Waals surface area contributed by atoms with Crippen LogP contribution in [0.15, 0.2) is 88.2 Å². The van der Waals surface area contributed by atoms with Crippen molar-refractivity contribution in [3.05, 3.63) is 90.2 Å². The first-order valence-corrected chi connectivity index (χ1v) is 11.8. The third-order valence-corrected chi connectivity index (χ3v) is 5.77. The Hall–Kier alpha value is -3.95. The van der Waals surface area contributed by atoms with Crippen LogP contribution < -0.4 is 20.3 Å². The molecular weight excluding hydrogens is 468 g/mol. The van der Waals surface area contributed by atoms with Crippen molar-refractivity contribution in [2.24, 2.45) is 0 Å². The van der Waals surface area contributed by atoms with Crippen LogP contribution in [0.3, 0.4) is 0 Å². The molecule has 3 N–H and O–H groups in total. The number of carbonyl (C=O) groups excluding carboxylic acids is 2. The molecule has 8 nitrogen and oxygen atoms in total. The highest BCUT2D eigenvalue weighted by Gasteiger charge is 2.14. The van der Waals surface area contributed by atoms with E-state index in [0.29, 0.717) is 42.4 Å². The molecule has 1 heterocycles. The molecule has 0 unspecified atom stereocenters. The topological polar surface area (TPSA) is 110 Å². The summed E-state index contributed by atoms with van der Waals surface area (Å²) < 4.78 is 17.3. The van der Waals surface area contributed by atoms with Crippen molar-refractivity contribution in [1.29, 1.82) is 0 Å². The lowest BCUT2D eigenvalue weighted by atomic mass is 10.1. The third-order valence-electron chi connectivity index (χ3n) is 4.99. The number of amides is 2. The Kier molecular flexibility index (Phi) is 8.26. The Labute approximate surface area is 206 Å². The normalized spacial score (nSPS) is 10.7. The first-order valence-electron chi connectivity index (χ1n) is 10.9. The van der Waals surface area contributed by atoms with Crippen LogP contribution in [0, 0.1) is 0 Å². The van der Waals surface area contributed by atoms with Crippen molar-refractivity contribution >= 4 is 33.9 Å². The second-order valence-corrected chi connectivity index (χ2v) is 8.52. The third kappa shape index (κ3) is 6.78. The maximum Gasteiger partial charge on any atom is 0.307 e. The number of carbonyl (C=O) groups is 2. The van der Waals surface area contributed by atoms with Crippen molar-refractivity contribution in [2.45, 2.75) is 17.9 Å². The van der Waals surface area contributed by atoms with Crippen LogP contribution >= 0.6 is 11.8 Å². The molecule has 4 rings (SSSR count). The quantitative estimate of drug-likeness (QED) is 0.118. The van der Waals surface area contributed by atoms with Gasteiger partial charge >= 0.3 is 5.24 Å². The predicted molar refractivity (Wildman–Crippen MR) is 132 cm³/mol. The van der Waals surface area contributed by atoms with Gasteiger partial charge in [0.15, 0.2) is 5.76 Å². The van der Waals surface area contributed by atoms with Crippen LogP contribution in [-0.2, 0) is 6.61 Å². The molecule has 35 heavy (non-hydrogen) atoms. The lowest BCUT2D eigenvalue weighted by molar-refractivity contribution is 0.0926. The van der Waals surface area contributed by atoms with E-state index in [1.165, 1.54) is 0 Å². The molecule has 0 aliphatic rings. The molecule has 0 aliphatic heterocycles. The molecule has 0 bridgehead atoms. The lowest BCUT2D eigenvalue weighted by Gasteiger charge is -2.07. The summed E-state index contributed by atoms with van der Waals surface area (Å²) in [5, 5.41) is 11.7. The van der Waals surface area contributed by atoms with E-state index in [1.54, 1.807) is 35.8 Å². The number of nitrogens with one attached hydrogen (secondary N) is 2. The van der Waals surface area contributed by atoms with Crippen LogP contribution in [0.1, 0.15) is 22.5 Å². The number of hydroxylamine groups is 1. The minimum absolute atomic E-state index is 0.244. The molecule has 180 valence electrons. The van der Waals surface area contributed by atoms with E-state index in [-0.39, 0.29) is 11.7 Å². The van der Waals surface area contributed by atoms with Gasteiger partial charge in [0.05, 0.1) is 6.61 Å². The molecule has 3 aromatic carbocycles. The molecule has 0 saturated carbocycles. The predicted octanol–water partition coefficient (Wildman–Crippen LogP) is 5.40. The van der Waals surface area contributed by atoms with E-state index >= 15 is 0 Å². The summed E-state index contributed by atoms with van der Waals surface area (Å²) in [6.07, 6.45) is 0.603. The van der Waals surface area contributed by atoms with E-state index < -0.39 is 5.24 Å². The molecule has 4 aromatic rings. The zero-order chi connectivity index (χ0) is 24.5. The van der Waals surface area contributed by atoms with E-state index in [9.17, 15) is 9.59 Å². The lowest BCUT2D eigenvalue weighted by Crippen LogP contribution is -2.25. The molecular formula is C26H24N2O6S. The monoisotopic (exact) mass is 492 g/mol. The van der Waals surface area contributed by atoms with E-state index in [1.807, 2.05) is 48.5 Å². The Morgan fingerprint density at radius 1 is 0.914 bits per heavy atom. The average Bonchev–Trinajstić information content (AvgIpc) is 3.34. The fourth-order valence-electron chi connectivity index (χ4n) is 3.31. The summed E-state index contributed by atoms with van der Waals surface area (Å²) in [7, 11) is 0. The fourth-order valence-corrected chi connectivity index (χ4v) is 3.84. The summed E-state index contributed by atoms with van der Waals surface area (Å²) >= 11 is 0.870. The summed E-state index contributed by atoms with van der Waals surface area (Å²) in [6.45, 7) is 1.16. The molecule has 2 amide bonds. The second kappa shape index (κ2) is 12.0. The van der Waals surface area contributed by atoms with Gasteiger partial charge in [0.1, 0.15) is 23.7 Å². The smallest absolute Gasteiger partial charge is 0.307 e. The van der Waals surface area contributed by atoms with E-state index in [4.69, 9.17) is 19.1 Å².